The topological polar surface area (TPSA) is 93.7 Å². The fourth-order valence-corrected chi connectivity index (χ4v) is 4.18. The van der Waals surface area contributed by atoms with Crippen molar-refractivity contribution in [3.63, 3.8) is 0 Å². The first-order valence-corrected chi connectivity index (χ1v) is 10.2. The molecule has 0 atom stereocenters. The predicted octanol–water partition coefficient (Wildman–Crippen LogP) is 4.54. The first kappa shape index (κ1) is 20.5. The average Bonchev–Trinajstić information content (AvgIpc) is 3.36. The lowest BCUT2D eigenvalue weighted by Gasteiger charge is -2.15. The Bertz CT molecular complexity index is 1170. The maximum Gasteiger partial charge on any atom is 0.269 e. The second-order valence-corrected chi connectivity index (χ2v) is 7.68. The van der Waals surface area contributed by atoms with E-state index in [9.17, 15) is 24.1 Å². The van der Waals surface area contributed by atoms with Crippen molar-refractivity contribution in [3.8, 4) is 0 Å². The first-order valence-electron chi connectivity index (χ1n) is 9.19. The minimum absolute atomic E-state index is 0.0146. The van der Waals surface area contributed by atoms with E-state index < -0.39 is 22.6 Å². The summed E-state index contributed by atoms with van der Waals surface area (Å²) in [5.41, 5.74) is 1.07. The number of hydrogen-bond acceptors (Lipinski definition) is 6. The molecule has 0 bridgehead atoms. The second-order valence-electron chi connectivity index (χ2n) is 6.70. The van der Waals surface area contributed by atoms with Gasteiger partial charge >= 0.3 is 0 Å². The zero-order valence-electron chi connectivity index (χ0n) is 16.0. The van der Waals surface area contributed by atoms with Crippen LogP contribution >= 0.6 is 11.8 Å². The Morgan fingerprint density at radius 3 is 2.32 bits per heavy atom. The van der Waals surface area contributed by atoms with Crippen molar-refractivity contribution < 1.29 is 23.3 Å². The standard InChI is InChI=1S/C22H15FN2O5S/c23-16-7-3-14(4-8-16)12-24-21(26)19(15-5-9-17(10-6-15)25(28)29)20(22(24)27)31-13-18-2-1-11-30-18/h1-11H,12-13H2. The number of furan rings is 1. The summed E-state index contributed by atoms with van der Waals surface area (Å²) in [6.45, 7) is -0.0146. The van der Waals surface area contributed by atoms with Gasteiger partial charge in [0.2, 0.25) is 0 Å². The third-order valence-electron chi connectivity index (χ3n) is 4.69. The normalized spacial score (nSPS) is 13.9. The molecule has 0 aliphatic carbocycles. The molecule has 7 nitrogen and oxygen atoms in total. The van der Waals surface area contributed by atoms with Gasteiger partial charge in [-0.3, -0.25) is 24.6 Å². The molecule has 9 heteroatoms. The van der Waals surface area contributed by atoms with Crippen LogP contribution in [0.5, 0.6) is 0 Å². The number of halogens is 1. The molecule has 1 aliphatic rings. The second kappa shape index (κ2) is 8.57. The molecule has 0 unspecified atom stereocenters. The van der Waals surface area contributed by atoms with Crippen molar-refractivity contribution in [2.75, 3.05) is 0 Å². The highest BCUT2D eigenvalue weighted by molar-refractivity contribution is 8.03. The Morgan fingerprint density at radius 1 is 1.00 bits per heavy atom. The van der Waals surface area contributed by atoms with Crippen molar-refractivity contribution in [2.24, 2.45) is 0 Å². The number of hydrogen-bond donors (Lipinski definition) is 0. The summed E-state index contributed by atoms with van der Waals surface area (Å²) in [5.74, 6) is -0.424. The summed E-state index contributed by atoms with van der Waals surface area (Å²) < 4.78 is 18.5. The minimum atomic E-state index is -0.535. The van der Waals surface area contributed by atoms with Crippen molar-refractivity contribution in [2.45, 2.75) is 12.3 Å². The average molecular weight is 438 g/mol. The fourth-order valence-electron chi connectivity index (χ4n) is 3.15. The van der Waals surface area contributed by atoms with Gasteiger partial charge in [-0.05, 0) is 47.5 Å². The fraction of sp³-hybridized carbons (Fsp3) is 0.0909. The van der Waals surface area contributed by atoms with Crippen LogP contribution in [0.25, 0.3) is 5.57 Å². The van der Waals surface area contributed by atoms with E-state index in [0.29, 0.717) is 22.6 Å². The van der Waals surface area contributed by atoms with Gasteiger partial charge in [0, 0.05) is 12.1 Å². The van der Waals surface area contributed by atoms with Gasteiger partial charge in [-0.1, -0.05) is 12.1 Å². The number of benzene rings is 2. The number of imide groups is 1. The van der Waals surface area contributed by atoms with Crippen LogP contribution in [0.4, 0.5) is 10.1 Å². The third kappa shape index (κ3) is 4.26. The Labute approximate surface area is 180 Å². The molecular formula is C22H15FN2O5S. The number of carbonyl (C=O) groups is 2. The van der Waals surface area contributed by atoms with Gasteiger partial charge in [0.15, 0.2) is 0 Å². The maximum atomic E-state index is 13.2. The maximum absolute atomic E-state index is 13.2. The molecule has 0 N–H and O–H groups in total. The molecule has 2 amide bonds. The highest BCUT2D eigenvalue weighted by Crippen LogP contribution is 2.38. The Balaban J connectivity index is 1.67. The summed E-state index contributed by atoms with van der Waals surface area (Å²) in [7, 11) is 0. The van der Waals surface area contributed by atoms with Crippen LogP contribution in [0.3, 0.4) is 0 Å². The number of nitrogens with zero attached hydrogens (tertiary/aromatic N) is 2. The van der Waals surface area contributed by atoms with E-state index in [0.717, 1.165) is 16.7 Å². The molecule has 31 heavy (non-hydrogen) atoms. The van der Waals surface area contributed by atoms with Crippen LogP contribution in [-0.2, 0) is 21.9 Å². The van der Waals surface area contributed by atoms with E-state index in [-0.39, 0.29) is 22.7 Å². The lowest BCUT2D eigenvalue weighted by atomic mass is 10.1. The quantitative estimate of drug-likeness (QED) is 0.305. The lowest BCUT2D eigenvalue weighted by molar-refractivity contribution is -0.384. The molecule has 2 aromatic carbocycles. The van der Waals surface area contributed by atoms with Crippen LogP contribution < -0.4 is 0 Å². The largest absolute Gasteiger partial charge is 0.468 e. The van der Waals surface area contributed by atoms with E-state index in [1.807, 2.05) is 0 Å². The van der Waals surface area contributed by atoms with Gasteiger partial charge in [-0.2, -0.15) is 0 Å². The Kier molecular flexibility index (Phi) is 5.68. The van der Waals surface area contributed by atoms with Crippen molar-refractivity contribution >= 4 is 34.8 Å². The third-order valence-corrected chi connectivity index (χ3v) is 5.78. The Hall–Kier alpha value is -3.72. The van der Waals surface area contributed by atoms with Gasteiger partial charge in [0.1, 0.15) is 11.6 Å². The van der Waals surface area contributed by atoms with E-state index >= 15 is 0 Å². The lowest BCUT2D eigenvalue weighted by Crippen LogP contribution is -2.30. The molecule has 0 fully saturated rings. The summed E-state index contributed by atoms with van der Waals surface area (Å²) >= 11 is 1.16. The van der Waals surface area contributed by atoms with E-state index in [2.05, 4.69) is 0 Å². The van der Waals surface area contributed by atoms with E-state index in [1.54, 1.807) is 12.1 Å². The first-order chi connectivity index (χ1) is 14.9. The number of nitro benzene ring substituents is 1. The molecule has 1 aromatic heterocycles. The van der Waals surface area contributed by atoms with Crippen LogP contribution in [0.1, 0.15) is 16.9 Å². The van der Waals surface area contributed by atoms with Crippen LogP contribution in [0.15, 0.2) is 76.2 Å². The van der Waals surface area contributed by atoms with Gasteiger partial charge in [0.25, 0.3) is 17.5 Å². The van der Waals surface area contributed by atoms with Gasteiger partial charge in [-0.15, -0.1) is 11.8 Å². The zero-order valence-corrected chi connectivity index (χ0v) is 16.8. The Morgan fingerprint density at radius 2 is 1.71 bits per heavy atom. The molecule has 0 saturated carbocycles. The summed E-state index contributed by atoms with van der Waals surface area (Å²) in [4.78, 5) is 38.0. The van der Waals surface area contributed by atoms with Gasteiger partial charge in [0.05, 0.1) is 34.0 Å². The molecule has 156 valence electrons. The molecule has 3 aromatic rings. The number of amides is 2. The SMILES string of the molecule is O=C1C(SCc2ccco2)=C(c2ccc([N+](=O)[O-])cc2)C(=O)N1Cc1ccc(F)cc1. The molecule has 0 spiro atoms. The molecular weight excluding hydrogens is 423 g/mol. The molecule has 1 aliphatic heterocycles. The number of thioether (sulfide) groups is 1. The highest BCUT2D eigenvalue weighted by Gasteiger charge is 2.39. The highest BCUT2D eigenvalue weighted by atomic mass is 32.2. The van der Waals surface area contributed by atoms with Crippen LogP contribution in [0, 0.1) is 15.9 Å². The van der Waals surface area contributed by atoms with Crippen molar-refractivity contribution in [1.29, 1.82) is 0 Å². The summed E-state index contributed by atoms with van der Waals surface area (Å²) in [5, 5.41) is 11.0. The zero-order chi connectivity index (χ0) is 22.0. The number of rotatable bonds is 7. The van der Waals surface area contributed by atoms with Crippen LogP contribution in [0.2, 0.25) is 0 Å². The number of non-ortho nitro benzene ring substituents is 1. The number of nitro groups is 1. The van der Waals surface area contributed by atoms with Gasteiger partial charge < -0.3 is 4.42 Å². The molecule has 2 heterocycles. The molecule has 0 radical (unpaired) electrons. The number of carbonyl (C=O) groups excluding carboxylic acids is 2. The molecule has 0 saturated heterocycles. The van der Waals surface area contributed by atoms with E-state index in [1.165, 1.54) is 54.8 Å². The summed E-state index contributed by atoms with van der Waals surface area (Å²) in [6.07, 6.45) is 1.52. The van der Waals surface area contributed by atoms with Crippen LogP contribution in [-0.4, -0.2) is 21.6 Å². The smallest absolute Gasteiger partial charge is 0.269 e. The van der Waals surface area contributed by atoms with Gasteiger partial charge in [-0.25, -0.2) is 4.39 Å². The summed E-state index contributed by atoms with van der Waals surface area (Å²) in [6, 6.07) is 14.5. The van der Waals surface area contributed by atoms with Crippen molar-refractivity contribution in [3.05, 3.63) is 105 Å². The molecule has 4 rings (SSSR count). The van der Waals surface area contributed by atoms with Crippen molar-refractivity contribution in [1.82, 2.24) is 4.90 Å². The van der Waals surface area contributed by atoms with E-state index in [4.69, 9.17) is 4.42 Å². The minimum Gasteiger partial charge on any atom is -0.468 e. The monoisotopic (exact) mass is 438 g/mol. The predicted molar refractivity (Wildman–Crippen MR) is 112 cm³/mol.